The molecule has 1 fully saturated rings. The van der Waals surface area contributed by atoms with Crippen LogP contribution in [-0.4, -0.2) is 38.7 Å². The zero-order chi connectivity index (χ0) is 22.8. The summed E-state index contributed by atoms with van der Waals surface area (Å²) in [5, 5.41) is 10.7. The van der Waals surface area contributed by atoms with Crippen LogP contribution < -0.4 is 15.4 Å². The maximum absolute atomic E-state index is 13.2. The molecule has 8 nitrogen and oxygen atoms in total. The number of aromatic nitrogens is 3. The van der Waals surface area contributed by atoms with Gasteiger partial charge in [0.05, 0.1) is 22.4 Å². The third-order valence-corrected chi connectivity index (χ3v) is 5.13. The zero-order valence-electron chi connectivity index (χ0n) is 17.4. The SMILES string of the molecule is CC(C)Oc1cc(C(=O)Nc2ccc(Cl)cc2C(=O)NC2CC2)n(-c2ncccc2Cl)n1. The van der Waals surface area contributed by atoms with Crippen molar-refractivity contribution in [2.45, 2.75) is 38.8 Å². The minimum Gasteiger partial charge on any atom is -0.474 e. The van der Waals surface area contributed by atoms with E-state index in [2.05, 4.69) is 20.7 Å². The quantitative estimate of drug-likeness (QED) is 0.525. The van der Waals surface area contributed by atoms with Gasteiger partial charge in [0.25, 0.3) is 11.8 Å². The Morgan fingerprint density at radius 3 is 2.62 bits per heavy atom. The highest BCUT2D eigenvalue weighted by Gasteiger charge is 2.26. The average molecular weight is 474 g/mol. The molecule has 0 atom stereocenters. The second kappa shape index (κ2) is 9.18. The van der Waals surface area contributed by atoms with Crippen LogP contribution in [0, 0.1) is 0 Å². The van der Waals surface area contributed by atoms with Gasteiger partial charge in [-0.15, -0.1) is 5.10 Å². The molecule has 2 N–H and O–H groups in total. The summed E-state index contributed by atoms with van der Waals surface area (Å²) in [7, 11) is 0. The Labute approximate surface area is 194 Å². The van der Waals surface area contributed by atoms with Crippen LogP contribution in [0.3, 0.4) is 0 Å². The fraction of sp³-hybridized carbons (Fsp3) is 0.273. The molecule has 166 valence electrons. The Balaban J connectivity index is 1.68. The van der Waals surface area contributed by atoms with Crippen LogP contribution in [0.25, 0.3) is 5.82 Å². The maximum atomic E-state index is 13.2. The Morgan fingerprint density at radius 2 is 1.94 bits per heavy atom. The molecule has 1 aromatic carbocycles. The number of hydrogen-bond acceptors (Lipinski definition) is 5. The predicted octanol–water partition coefficient (Wildman–Crippen LogP) is 4.51. The summed E-state index contributed by atoms with van der Waals surface area (Å²) in [6.07, 6.45) is 3.28. The van der Waals surface area contributed by atoms with Crippen molar-refractivity contribution in [2.24, 2.45) is 0 Å². The van der Waals surface area contributed by atoms with Crippen LogP contribution in [0.1, 0.15) is 47.5 Å². The normalized spacial score (nSPS) is 13.2. The molecule has 2 aromatic heterocycles. The molecule has 0 radical (unpaired) electrons. The van der Waals surface area contributed by atoms with Crippen molar-refractivity contribution in [1.82, 2.24) is 20.1 Å². The third-order valence-electron chi connectivity index (χ3n) is 4.60. The molecule has 0 bridgehead atoms. The van der Waals surface area contributed by atoms with Crippen molar-refractivity contribution < 1.29 is 14.3 Å². The van der Waals surface area contributed by atoms with Gasteiger partial charge in [-0.3, -0.25) is 9.59 Å². The van der Waals surface area contributed by atoms with Crippen molar-refractivity contribution in [3.05, 3.63) is 63.9 Å². The van der Waals surface area contributed by atoms with Crippen LogP contribution in [-0.2, 0) is 0 Å². The number of benzene rings is 1. The number of carbonyl (C=O) groups excluding carboxylic acids is 2. The lowest BCUT2D eigenvalue weighted by Crippen LogP contribution is -2.27. The first-order valence-corrected chi connectivity index (χ1v) is 10.9. The molecule has 10 heteroatoms. The van der Waals surface area contributed by atoms with Crippen LogP contribution >= 0.6 is 23.2 Å². The van der Waals surface area contributed by atoms with E-state index in [-0.39, 0.29) is 41.0 Å². The van der Waals surface area contributed by atoms with Crippen LogP contribution in [0.2, 0.25) is 10.0 Å². The molecule has 2 heterocycles. The molecule has 2 amide bonds. The number of amides is 2. The van der Waals surface area contributed by atoms with Gasteiger partial charge in [-0.25, -0.2) is 9.67 Å². The summed E-state index contributed by atoms with van der Waals surface area (Å²) in [6.45, 7) is 3.70. The number of anilines is 1. The van der Waals surface area contributed by atoms with Gasteiger partial charge in [-0.2, -0.15) is 0 Å². The number of nitrogens with zero attached hydrogens (tertiary/aromatic N) is 3. The maximum Gasteiger partial charge on any atom is 0.274 e. The highest BCUT2D eigenvalue weighted by Crippen LogP contribution is 2.26. The number of halogens is 2. The summed E-state index contributed by atoms with van der Waals surface area (Å²) < 4.78 is 6.98. The zero-order valence-corrected chi connectivity index (χ0v) is 18.9. The number of carbonyl (C=O) groups is 2. The minimum atomic E-state index is -0.513. The van der Waals surface area contributed by atoms with E-state index in [0.29, 0.717) is 15.7 Å². The minimum absolute atomic E-state index is 0.143. The van der Waals surface area contributed by atoms with E-state index in [1.165, 1.54) is 16.8 Å². The Kier molecular flexibility index (Phi) is 6.34. The first-order chi connectivity index (χ1) is 15.3. The van der Waals surface area contributed by atoms with E-state index in [1.54, 1.807) is 30.5 Å². The molecular formula is C22H21Cl2N5O3. The van der Waals surface area contributed by atoms with Gasteiger partial charge < -0.3 is 15.4 Å². The van der Waals surface area contributed by atoms with Crippen molar-refractivity contribution in [2.75, 3.05) is 5.32 Å². The number of hydrogen-bond donors (Lipinski definition) is 2. The predicted molar refractivity (Wildman–Crippen MR) is 122 cm³/mol. The Morgan fingerprint density at radius 1 is 1.16 bits per heavy atom. The standard InChI is InChI=1S/C22H21Cl2N5O3/c1-12(2)32-19-11-18(29(28-19)20-16(24)4-3-9-25-20)22(31)27-17-8-5-13(23)10-15(17)21(30)26-14-6-7-14/h3-5,8-12,14H,6-7H2,1-2H3,(H,26,30)(H,27,31). The number of rotatable bonds is 7. The molecule has 32 heavy (non-hydrogen) atoms. The van der Waals surface area contributed by atoms with Gasteiger partial charge in [0.1, 0.15) is 5.69 Å². The number of pyridine rings is 1. The summed E-state index contributed by atoms with van der Waals surface area (Å²) in [6, 6.07) is 9.70. The van der Waals surface area contributed by atoms with Crippen molar-refractivity contribution in [3.8, 4) is 11.7 Å². The molecule has 1 aliphatic carbocycles. The summed E-state index contributed by atoms with van der Waals surface area (Å²) in [4.78, 5) is 30.1. The van der Waals surface area contributed by atoms with E-state index in [9.17, 15) is 9.59 Å². The molecule has 3 aromatic rings. The molecule has 1 aliphatic rings. The monoisotopic (exact) mass is 473 g/mol. The van der Waals surface area contributed by atoms with E-state index < -0.39 is 5.91 Å². The van der Waals surface area contributed by atoms with Gasteiger partial charge >= 0.3 is 0 Å². The van der Waals surface area contributed by atoms with Gasteiger partial charge in [0.15, 0.2) is 5.82 Å². The van der Waals surface area contributed by atoms with E-state index in [1.807, 2.05) is 13.8 Å². The van der Waals surface area contributed by atoms with Crippen LogP contribution in [0.4, 0.5) is 5.69 Å². The van der Waals surface area contributed by atoms with Crippen LogP contribution in [0.5, 0.6) is 5.88 Å². The second-order valence-corrected chi connectivity index (χ2v) is 8.49. The lowest BCUT2D eigenvalue weighted by Gasteiger charge is -2.12. The fourth-order valence-corrected chi connectivity index (χ4v) is 3.38. The first kappa shape index (κ1) is 22.1. The Bertz CT molecular complexity index is 1170. The highest BCUT2D eigenvalue weighted by molar-refractivity contribution is 6.32. The Hall–Kier alpha value is -3.10. The van der Waals surface area contributed by atoms with E-state index in [0.717, 1.165) is 12.8 Å². The molecule has 4 rings (SSSR count). The van der Waals surface area contributed by atoms with Gasteiger partial charge in [0, 0.05) is 23.3 Å². The largest absolute Gasteiger partial charge is 0.474 e. The average Bonchev–Trinajstić information content (AvgIpc) is 3.46. The highest BCUT2D eigenvalue weighted by atomic mass is 35.5. The third kappa shape index (κ3) is 5.03. The van der Waals surface area contributed by atoms with Crippen molar-refractivity contribution in [1.29, 1.82) is 0 Å². The summed E-state index contributed by atoms with van der Waals surface area (Å²) >= 11 is 12.4. The molecule has 0 spiro atoms. The smallest absolute Gasteiger partial charge is 0.274 e. The fourth-order valence-electron chi connectivity index (χ4n) is 3.01. The first-order valence-electron chi connectivity index (χ1n) is 10.1. The van der Waals surface area contributed by atoms with Crippen LogP contribution in [0.15, 0.2) is 42.6 Å². The molecule has 0 saturated heterocycles. The lowest BCUT2D eigenvalue weighted by atomic mass is 10.1. The molecule has 1 saturated carbocycles. The van der Waals surface area contributed by atoms with Crippen molar-refractivity contribution >= 4 is 40.7 Å². The number of nitrogens with one attached hydrogen (secondary N) is 2. The summed E-state index contributed by atoms with van der Waals surface area (Å²) in [5.74, 6) is -0.286. The summed E-state index contributed by atoms with van der Waals surface area (Å²) in [5.41, 5.74) is 0.742. The lowest BCUT2D eigenvalue weighted by molar-refractivity contribution is 0.0952. The topological polar surface area (TPSA) is 98.1 Å². The van der Waals surface area contributed by atoms with Crippen molar-refractivity contribution in [3.63, 3.8) is 0 Å². The molecule has 0 aliphatic heterocycles. The molecule has 0 unspecified atom stereocenters. The van der Waals surface area contributed by atoms with Gasteiger partial charge in [-0.1, -0.05) is 23.2 Å². The number of ether oxygens (including phenoxy) is 1. The van der Waals surface area contributed by atoms with Gasteiger partial charge in [-0.05, 0) is 57.0 Å². The van der Waals surface area contributed by atoms with E-state index in [4.69, 9.17) is 27.9 Å². The van der Waals surface area contributed by atoms with E-state index >= 15 is 0 Å². The molecular weight excluding hydrogens is 453 g/mol. The second-order valence-electron chi connectivity index (χ2n) is 7.65. The van der Waals surface area contributed by atoms with Gasteiger partial charge in [0.2, 0.25) is 5.88 Å².